The lowest BCUT2D eigenvalue weighted by Gasteiger charge is -2.27. The predicted molar refractivity (Wildman–Crippen MR) is 226 cm³/mol. The van der Waals surface area contributed by atoms with Crippen molar-refractivity contribution in [1.82, 2.24) is 19.4 Å². The second kappa shape index (κ2) is 23.0. The van der Waals surface area contributed by atoms with Crippen LogP contribution in [0.4, 0.5) is 17.6 Å². The molecule has 5 aromatic rings. The number of likely N-dealkylation sites (N-methyl/N-ethyl adjacent to an activating group) is 1. The minimum atomic E-state index is -4.41. The van der Waals surface area contributed by atoms with Crippen LogP contribution in [-0.4, -0.2) is 96.0 Å². The molecular weight excluding hydrogens is 856 g/mol. The van der Waals surface area contributed by atoms with E-state index in [0.29, 0.717) is 53.1 Å². The number of aliphatic carboxylic acids is 2. The molecule has 18 heteroatoms. The lowest BCUT2D eigenvalue weighted by atomic mass is 10.0. The number of rotatable bonds is 18. The summed E-state index contributed by atoms with van der Waals surface area (Å²) in [5, 5.41) is 33.5. The molecule has 0 saturated heterocycles. The van der Waals surface area contributed by atoms with Crippen LogP contribution in [-0.2, 0) is 45.8 Å². The molecule has 0 radical (unpaired) electrons. The number of thioether (sulfide) groups is 1. The van der Waals surface area contributed by atoms with E-state index < -0.39 is 41.4 Å². The SMILES string of the molecule is CCN(CC)CCN(Cc1ccc(-c2ccc(C(F)(F)F)cc2)cc1)C(=O)Cn1cc(Cc2ccc(Cl)cc2)c(=O)nc1SCc1ccc(F)cc1.O=C(O)C(O)C(O)C(=O)O. The summed E-state index contributed by atoms with van der Waals surface area (Å²) in [7, 11) is 0. The lowest BCUT2D eigenvalue weighted by Crippen LogP contribution is -2.40. The first kappa shape index (κ1) is 49.1. The molecule has 0 aliphatic rings. The van der Waals surface area contributed by atoms with Crippen LogP contribution in [0.15, 0.2) is 113 Å². The van der Waals surface area contributed by atoms with Crippen LogP contribution in [0.2, 0.25) is 5.02 Å². The van der Waals surface area contributed by atoms with E-state index in [9.17, 15) is 36.7 Å². The third-order valence-corrected chi connectivity index (χ3v) is 10.8. The average molecular weight is 901 g/mol. The molecule has 5 rings (SSSR count). The Morgan fingerprint density at radius 3 is 1.81 bits per heavy atom. The van der Waals surface area contributed by atoms with E-state index in [1.807, 2.05) is 36.4 Å². The molecule has 0 aliphatic heterocycles. The predicted octanol–water partition coefficient (Wildman–Crippen LogP) is 6.85. The van der Waals surface area contributed by atoms with Crippen molar-refractivity contribution in [3.05, 3.63) is 152 Å². The van der Waals surface area contributed by atoms with Gasteiger partial charge in [0.1, 0.15) is 12.4 Å². The zero-order valence-electron chi connectivity index (χ0n) is 33.6. The van der Waals surface area contributed by atoms with Crippen molar-refractivity contribution in [2.24, 2.45) is 0 Å². The highest BCUT2D eigenvalue weighted by Gasteiger charge is 2.30. The molecule has 0 bridgehead atoms. The maximum atomic E-state index is 14.2. The first-order valence-corrected chi connectivity index (χ1v) is 20.5. The van der Waals surface area contributed by atoms with Gasteiger partial charge in [0.15, 0.2) is 17.4 Å². The van der Waals surface area contributed by atoms with Gasteiger partial charge in [-0.3, -0.25) is 9.59 Å². The highest BCUT2D eigenvalue weighted by atomic mass is 35.5. The summed E-state index contributed by atoms with van der Waals surface area (Å²) < 4.78 is 54.5. The van der Waals surface area contributed by atoms with Gasteiger partial charge in [-0.25, -0.2) is 14.0 Å². The minimum Gasteiger partial charge on any atom is -0.479 e. The molecule has 4 aromatic carbocycles. The summed E-state index contributed by atoms with van der Waals surface area (Å²) in [5.41, 5.74) is 3.30. The zero-order valence-corrected chi connectivity index (χ0v) is 35.2. The molecule has 2 unspecified atom stereocenters. The molecule has 0 spiro atoms. The van der Waals surface area contributed by atoms with Crippen LogP contribution >= 0.6 is 23.4 Å². The fourth-order valence-corrected chi connectivity index (χ4v) is 6.95. The van der Waals surface area contributed by atoms with E-state index in [0.717, 1.165) is 47.5 Å². The summed E-state index contributed by atoms with van der Waals surface area (Å²) in [5.74, 6) is -3.65. The smallest absolute Gasteiger partial charge is 0.416 e. The molecule has 62 heavy (non-hydrogen) atoms. The Bertz CT molecular complexity index is 2290. The molecule has 1 amide bonds. The Morgan fingerprint density at radius 2 is 1.29 bits per heavy atom. The van der Waals surface area contributed by atoms with Crippen molar-refractivity contribution >= 4 is 41.2 Å². The maximum Gasteiger partial charge on any atom is 0.416 e. The number of aromatic nitrogens is 2. The van der Waals surface area contributed by atoms with E-state index in [4.69, 9.17) is 32.0 Å². The Balaban J connectivity index is 0.000000750. The molecule has 1 heterocycles. The maximum absolute atomic E-state index is 14.2. The van der Waals surface area contributed by atoms with Crippen LogP contribution in [0.3, 0.4) is 0 Å². The van der Waals surface area contributed by atoms with E-state index in [2.05, 4.69) is 23.7 Å². The summed E-state index contributed by atoms with van der Waals surface area (Å²) >= 11 is 7.36. The van der Waals surface area contributed by atoms with Gasteiger partial charge in [0, 0.05) is 48.6 Å². The van der Waals surface area contributed by atoms with Gasteiger partial charge in [-0.05, 0) is 77.3 Å². The van der Waals surface area contributed by atoms with Gasteiger partial charge in [0.05, 0.1) is 5.56 Å². The Kier molecular flexibility index (Phi) is 18.2. The van der Waals surface area contributed by atoms with E-state index in [1.165, 1.54) is 36.0 Å². The fraction of sp³-hybridized carbons (Fsp3) is 0.295. The van der Waals surface area contributed by atoms with Crippen LogP contribution in [0, 0.1) is 5.82 Å². The van der Waals surface area contributed by atoms with Crippen LogP contribution in [0.5, 0.6) is 0 Å². The van der Waals surface area contributed by atoms with Crippen molar-refractivity contribution in [2.45, 2.75) is 62.7 Å². The lowest BCUT2D eigenvalue weighted by molar-refractivity contribution is -0.165. The standard InChI is InChI=1S/C40H39ClF4N4O2S.C4H6O6/c1-3-47(4-2)21-22-48(24-29-5-11-31(12-6-29)32-13-15-34(16-14-32)40(43,44)45)37(50)26-49-25-33(23-28-7-17-35(41)18-8-28)38(51)46-39(49)52-27-30-9-19-36(42)20-10-30;5-1(3(7)8)2(6)4(9)10/h5-20,25H,3-4,21-24,26-27H2,1-2H3;1-2,5-6H,(H,7,8)(H,9,10). The number of aliphatic hydroxyl groups excluding tert-OH is 2. The third kappa shape index (κ3) is 14.8. The molecule has 330 valence electrons. The first-order chi connectivity index (χ1) is 29.4. The number of carboxylic acids is 2. The van der Waals surface area contributed by atoms with Gasteiger partial charge >= 0.3 is 18.1 Å². The number of amides is 1. The van der Waals surface area contributed by atoms with Gasteiger partial charge in [-0.1, -0.05) is 97.9 Å². The number of halogens is 5. The highest BCUT2D eigenvalue weighted by molar-refractivity contribution is 7.98. The summed E-state index contributed by atoms with van der Waals surface area (Å²) in [6, 6.07) is 25.7. The Labute approximate surface area is 364 Å². The average Bonchev–Trinajstić information content (AvgIpc) is 3.25. The first-order valence-electron chi connectivity index (χ1n) is 19.2. The van der Waals surface area contributed by atoms with E-state index >= 15 is 0 Å². The third-order valence-electron chi connectivity index (χ3n) is 9.54. The van der Waals surface area contributed by atoms with Gasteiger partial charge in [-0.2, -0.15) is 18.2 Å². The molecule has 0 aliphatic carbocycles. The second-order valence-electron chi connectivity index (χ2n) is 13.9. The molecule has 12 nitrogen and oxygen atoms in total. The normalized spacial score (nSPS) is 12.3. The van der Waals surface area contributed by atoms with Crippen molar-refractivity contribution in [3.63, 3.8) is 0 Å². The van der Waals surface area contributed by atoms with Crippen LogP contribution < -0.4 is 5.56 Å². The number of alkyl halides is 3. The van der Waals surface area contributed by atoms with Crippen LogP contribution in [0.1, 0.15) is 41.7 Å². The number of hydrogen-bond acceptors (Lipinski definition) is 9. The molecule has 0 saturated carbocycles. The number of carboxylic acid groups (broad SMARTS) is 2. The number of carbonyl (C=O) groups excluding carboxylic acids is 1. The summed E-state index contributed by atoms with van der Waals surface area (Å²) in [6.07, 6.45) is -6.95. The summed E-state index contributed by atoms with van der Waals surface area (Å²) in [4.78, 5) is 55.4. The van der Waals surface area contributed by atoms with Crippen LogP contribution in [0.25, 0.3) is 11.1 Å². The van der Waals surface area contributed by atoms with Gasteiger partial charge in [0.2, 0.25) is 5.91 Å². The number of hydrogen-bond donors (Lipinski definition) is 4. The second-order valence-corrected chi connectivity index (χ2v) is 15.3. The molecule has 0 fully saturated rings. The molecule has 1 aromatic heterocycles. The topological polar surface area (TPSA) is 173 Å². The van der Waals surface area contributed by atoms with Crippen molar-refractivity contribution in [2.75, 3.05) is 26.2 Å². The van der Waals surface area contributed by atoms with Gasteiger partial charge in [0.25, 0.3) is 5.56 Å². The van der Waals surface area contributed by atoms with Gasteiger partial charge in [-0.15, -0.1) is 0 Å². The van der Waals surface area contributed by atoms with Crippen molar-refractivity contribution in [1.29, 1.82) is 0 Å². The highest BCUT2D eigenvalue weighted by Crippen LogP contribution is 2.31. The van der Waals surface area contributed by atoms with Crippen molar-refractivity contribution in [3.8, 4) is 11.1 Å². The summed E-state index contributed by atoms with van der Waals surface area (Å²) in [6.45, 7) is 7.10. The zero-order chi connectivity index (χ0) is 45.6. The number of nitrogens with zero attached hydrogens (tertiary/aromatic N) is 4. The molecular formula is C44H45ClF4N4O8S. The largest absolute Gasteiger partial charge is 0.479 e. The quantitative estimate of drug-likeness (QED) is 0.0412. The molecule has 2 atom stereocenters. The van der Waals surface area contributed by atoms with E-state index in [1.54, 1.807) is 39.9 Å². The minimum absolute atomic E-state index is 0.0749. The Morgan fingerprint density at radius 1 is 0.774 bits per heavy atom. The number of aliphatic hydroxyl groups is 2. The van der Waals surface area contributed by atoms with E-state index in [-0.39, 0.29) is 18.3 Å². The molecule has 4 N–H and O–H groups in total. The van der Waals surface area contributed by atoms with Crippen molar-refractivity contribution < 1.29 is 52.4 Å². The number of carbonyl (C=O) groups is 3. The fourth-order valence-electron chi connectivity index (χ4n) is 5.91. The monoisotopic (exact) mass is 900 g/mol. The Hall–Kier alpha value is -5.59. The van der Waals surface area contributed by atoms with Gasteiger partial charge < -0.3 is 34.8 Å². The number of benzene rings is 4.